The minimum Gasteiger partial charge on any atom is -0.478 e. The molecule has 0 aromatic heterocycles. The molecular formula is C8H10N2O6. The first-order valence-corrected chi connectivity index (χ1v) is 3.66. The zero-order valence-corrected chi connectivity index (χ0v) is 7.99. The van der Waals surface area contributed by atoms with Crippen LogP contribution in [0.15, 0.2) is 24.3 Å². The van der Waals surface area contributed by atoms with Crippen LogP contribution in [0.5, 0.6) is 0 Å². The van der Waals surface area contributed by atoms with Crippen molar-refractivity contribution < 1.29 is 29.4 Å². The van der Waals surface area contributed by atoms with Gasteiger partial charge in [0.15, 0.2) is 0 Å². The molecule has 0 aliphatic heterocycles. The molecule has 0 aromatic carbocycles. The average Bonchev–Trinajstić information content (AvgIpc) is 2.12. The first-order chi connectivity index (χ1) is 7.25. The second-order valence-corrected chi connectivity index (χ2v) is 2.15. The molecule has 0 atom stereocenters. The summed E-state index contributed by atoms with van der Waals surface area (Å²) in [4.78, 5) is 38.8. The van der Waals surface area contributed by atoms with Gasteiger partial charge in [-0.3, -0.25) is 9.59 Å². The van der Waals surface area contributed by atoms with Crippen LogP contribution in [0.2, 0.25) is 0 Å². The van der Waals surface area contributed by atoms with E-state index in [2.05, 4.69) is 11.5 Å². The highest BCUT2D eigenvalue weighted by molar-refractivity contribution is 5.93. The molecule has 0 fully saturated rings. The molecule has 0 saturated carbocycles. The van der Waals surface area contributed by atoms with E-state index in [1.807, 2.05) is 0 Å². The third-order valence-electron chi connectivity index (χ3n) is 0.780. The van der Waals surface area contributed by atoms with E-state index in [1.165, 1.54) is 0 Å². The highest BCUT2D eigenvalue weighted by Gasteiger charge is 1.86. The van der Waals surface area contributed by atoms with Gasteiger partial charge in [0, 0.05) is 24.3 Å². The Balaban J connectivity index is 0. The van der Waals surface area contributed by atoms with E-state index in [4.69, 9.17) is 10.2 Å². The van der Waals surface area contributed by atoms with E-state index in [0.29, 0.717) is 12.2 Å². The molecule has 88 valence electrons. The number of rotatable bonds is 4. The molecule has 0 aromatic rings. The zero-order valence-electron chi connectivity index (χ0n) is 7.99. The Morgan fingerprint density at radius 3 is 1.00 bits per heavy atom. The van der Waals surface area contributed by atoms with E-state index in [0.717, 1.165) is 12.2 Å². The van der Waals surface area contributed by atoms with Crippen molar-refractivity contribution in [1.29, 1.82) is 0 Å². The minimum atomic E-state index is -1.18. The second kappa shape index (κ2) is 8.94. The summed E-state index contributed by atoms with van der Waals surface area (Å²) >= 11 is 0. The van der Waals surface area contributed by atoms with Gasteiger partial charge in [0.05, 0.1) is 0 Å². The summed E-state index contributed by atoms with van der Waals surface area (Å²) in [7, 11) is 0. The number of hydrogen-bond donors (Lipinski definition) is 4. The second-order valence-electron chi connectivity index (χ2n) is 2.15. The fourth-order valence-electron chi connectivity index (χ4n) is 0.307. The maximum absolute atomic E-state index is 9.78. The molecule has 8 nitrogen and oxygen atoms in total. The van der Waals surface area contributed by atoms with Gasteiger partial charge in [-0.15, -0.1) is 0 Å². The zero-order chi connectivity index (χ0) is 13.1. The van der Waals surface area contributed by atoms with Gasteiger partial charge in [-0.2, -0.15) is 0 Å². The summed E-state index contributed by atoms with van der Waals surface area (Å²) in [6, 6.07) is 0. The van der Waals surface area contributed by atoms with Crippen LogP contribution in [0, 0.1) is 0 Å². The molecule has 8 heteroatoms. The van der Waals surface area contributed by atoms with E-state index in [-0.39, 0.29) is 0 Å². The van der Waals surface area contributed by atoms with E-state index >= 15 is 0 Å². The minimum absolute atomic E-state index is 0.683. The van der Waals surface area contributed by atoms with E-state index in [9.17, 15) is 19.2 Å². The van der Waals surface area contributed by atoms with Crippen molar-refractivity contribution in [2.45, 2.75) is 0 Å². The van der Waals surface area contributed by atoms with Crippen LogP contribution < -0.4 is 11.5 Å². The fraction of sp³-hybridized carbons (Fsp3) is 0. The topological polar surface area (TPSA) is 161 Å². The number of carboxylic acids is 2. The summed E-state index contributed by atoms with van der Waals surface area (Å²) in [5.74, 6) is -3.87. The van der Waals surface area contributed by atoms with Crippen LogP contribution in [-0.2, 0) is 19.2 Å². The Morgan fingerprint density at radius 2 is 0.938 bits per heavy atom. The van der Waals surface area contributed by atoms with E-state index in [1.54, 1.807) is 0 Å². The molecule has 0 rings (SSSR count). The Morgan fingerprint density at radius 1 is 0.688 bits per heavy atom. The summed E-state index contributed by atoms with van der Waals surface area (Å²) in [6.07, 6.45) is 2.93. The average molecular weight is 230 g/mol. The Kier molecular flexibility index (Phi) is 8.83. The lowest BCUT2D eigenvalue weighted by molar-refractivity contribution is -0.132. The van der Waals surface area contributed by atoms with Crippen molar-refractivity contribution in [3.8, 4) is 0 Å². The number of hydrogen-bond acceptors (Lipinski definition) is 4. The number of carboxylic acid groups (broad SMARTS) is 2. The van der Waals surface area contributed by atoms with Crippen molar-refractivity contribution in [3.63, 3.8) is 0 Å². The maximum atomic E-state index is 9.78. The fourth-order valence-corrected chi connectivity index (χ4v) is 0.307. The van der Waals surface area contributed by atoms with Gasteiger partial charge >= 0.3 is 11.9 Å². The van der Waals surface area contributed by atoms with Crippen molar-refractivity contribution >= 4 is 23.8 Å². The lowest BCUT2D eigenvalue weighted by Gasteiger charge is -1.75. The molecule has 0 saturated heterocycles. The lowest BCUT2D eigenvalue weighted by atomic mass is 10.5. The highest BCUT2D eigenvalue weighted by atomic mass is 16.4. The Labute approximate surface area is 89.8 Å². The van der Waals surface area contributed by atoms with Crippen molar-refractivity contribution in [2.24, 2.45) is 11.5 Å². The van der Waals surface area contributed by atoms with Crippen LogP contribution in [0.1, 0.15) is 0 Å². The SMILES string of the molecule is NC(=O)/C=C/C(=O)O.NC(=O)/C=C/C(=O)O. The summed E-state index contributed by atoms with van der Waals surface area (Å²) in [5.41, 5.74) is 9.10. The normalized spacial score (nSPS) is 9.50. The number of primary amides is 2. The largest absolute Gasteiger partial charge is 0.478 e. The Bertz CT molecular complexity index is 278. The summed E-state index contributed by atoms with van der Waals surface area (Å²) in [6.45, 7) is 0. The molecule has 0 radical (unpaired) electrons. The Hall–Kier alpha value is -2.64. The molecule has 0 bridgehead atoms. The third kappa shape index (κ3) is 22.5. The van der Waals surface area contributed by atoms with Crippen LogP contribution in [0.4, 0.5) is 0 Å². The van der Waals surface area contributed by atoms with E-state index < -0.39 is 23.8 Å². The monoisotopic (exact) mass is 230 g/mol. The number of carbonyl (C=O) groups is 4. The molecule has 16 heavy (non-hydrogen) atoms. The lowest BCUT2D eigenvalue weighted by Crippen LogP contribution is -2.06. The van der Waals surface area contributed by atoms with Crippen molar-refractivity contribution in [1.82, 2.24) is 0 Å². The first-order valence-electron chi connectivity index (χ1n) is 3.66. The standard InChI is InChI=1S/2C4H5NO3/c2*5-3(6)1-2-4(7)8/h2*1-2H,(H2,5,6)(H,7,8)/b2*2-1+. The van der Waals surface area contributed by atoms with Gasteiger partial charge in [0.1, 0.15) is 0 Å². The predicted octanol–water partition coefficient (Wildman–Crippen LogP) is -1.77. The van der Waals surface area contributed by atoms with Crippen LogP contribution in [-0.4, -0.2) is 34.0 Å². The first kappa shape index (κ1) is 15.8. The molecule has 0 aliphatic rings. The summed E-state index contributed by atoms with van der Waals surface area (Å²) < 4.78 is 0. The molecule has 0 unspecified atom stereocenters. The van der Waals surface area contributed by atoms with Crippen LogP contribution >= 0.6 is 0 Å². The van der Waals surface area contributed by atoms with Gasteiger partial charge in [-0.1, -0.05) is 0 Å². The quantitative estimate of drug-likeness (QED) is 0.417. The van der Waals surface area contributed by atoms with Gasteiger partial charge in [-0.25, -0.2) is 9.59 Å². The van der Waals surface area contributed by atoms with Crippen LogP contribution in [0.3, 0.4) is 0 Å². The predicted molar refractivity (Wildman–Crippen MR) is 51.9 cm³/mol. The molecule has 6 N–H and O–H groups in total. The van der Waals surface area contributed by atoms with Crippen LogP contribution in [0.25, 0.3) is 0 Å². The number of aliphatic carboxylic acids is 2. The molecular weight excluding hydrogens is 220 g/mol. The van der Waals surface area contributed by atoms with Gasteiger partial charge < -0.3 is 21.7 Å². The smallest absolute Gasteiger partial charge is 0.328 e. The number of amides is 2. The van der Waals surface area contributed by atoms with Crippen molar-refractivity contribution in [3.05, 3.63) is 24.3 Å². The summed E-state index contributed by atoms with van der Waals surface area (Å²) in [5, 5.41) is 15.7. The van der Waals surface area contributed by atoms with Crippen molar-refractivity contribution in [2.75, 3.05) is 0 Å². The van der Waals surface area contributed by atoms with Gasteiger partial charge in [0.25, 0.3) is 0 Å². The molecule has 0 aliphatic carbocycles. The maximum Gasteiger partial charge on any atom is 0.328 e. The molecule has 0 spiro atoms. The number of carbonyl (C=O) groups excluding carboxylic acids is 2. The molecule has 0 heterocycles. The third-order valence-corrected chi connectivity index (χ3v) is 0.780. The molecule has 2 amide bonds. The number of nitrogens with two attached hydrogens (primary N) is 2. The van der Waals surface area contributed by atoms with Gasteiger partial charge in [0.2, 0.25) is 11.8 Å². The highest BCUT2D eigenvalue weighted by Crippen LogP contribution is 1.68. The van der Waals surface area contributed by atoms with Gasteiger partial charge in [-0.05, 0) is 0 Å².